The number of hydrogen-bond donors (Lipinski definition) is 2. The normalized spacial score (nSPS) is 17.4. The molecule has 3 nitrogen and oxygen atoms in total. The SMILES string of the molecule is NCC1(C(=O)Nc2ccc(Cl)cc2Br)CCC1. The van der Waals surface area contributed by atoms with E-state index in [4.69, 9.17) is 17.3 Å². The molecule has 0 radical (unpaired) electrons. The number of carbonyl (C=O) groups is 1. The van der Waals surface area contributed by atoms with Crippen molar-refractivity contribution in [3.63, 3.8) is 0 Å². The molecule has 2 rings (SSSR count). The van der Waals surface area contributed by atoms with Gasteiger partial charge in [-0.1, -0.05) is 18.0 Å². The van der Waals surface area contributed by atoms with Crippen molar-refractivity contribution in [3.8, 4) is 0 Å². The molecular formula is C12H14BrClN2O. The lowest BCUT2D eigenvalue weighted by atomic mass is 9.68. The van der Waals surface area contributed by atoms with Gasteiger partial charge in [-0.15, -0.1) is 0 Å². The number of hydrogen-bond acceptors (Lipinski definition) is 2. The highest BCUT2D eigenvalue weighted by atomic mass is 79.9. The summed E-state index contributed by atoms with van der Waals surface area (Å²) in [7, 11) is 0. The Morgan fingerprint density at radius 3 is 2.71 bits per heavy atom. The van der Waals surface area contributed by atoms with Gasteiger partial charge in [-0.3, -0.25) is 4.79 Å². The largest absolute Gasteiger partial charge is 0.329 e. The fraction of sp³-hybridized carbons (Fsp3) is 0.417. The Morgan fingerprint density at radius 1 is 1.53 bits per heavy atom. The molecule has 0 atom stereocenters. The molecule has 0 unspecified atom stereocenters. The Kier molecular flexibility index (Phi) is 3.76. The van der Waals surface area contributed by atoms with Crippen LogP contribution in [0.2, 0.25) is 5.02 Å². The van der Waals surface area contributed by atoms with E-state index >= 15 is 0 Å². The van der Waals surface area contributed by atoms with E-state index in [2.05, 4.69) is 21.2 Å². The third-order valence-electron chi connectivity index (χ3n) is 3.36. The van der Waals surface area contributed by atoms with Gasteiger partial charge in [0, 0.05) is 16.0 Å². The molecule has 1 aliphatic rings. The predicted molar refractivity (Wildman–Crippen MR) is 73.1 cm³/mol. The van der Waals surface area contributed by atoms with E-state index in [-0.39, 0.29) is 11.3 Å². The standard InChI is InChI=1S/C12H14BrClN2O/c13-9-6-8(14)2-3-10(9)16-11(17)12(7-15)4-1-5-12/h2-3,6H,1,4-5,7,15H2,(H,16,17). The van der Waals surface area contributed by atoms with Crippen LogP contribution in [0.5, 0.6) is 0 Å². The quantitative estimate of drug-likeness (QED) is 0.899. The first kappa shape index (κ1) is 12.9. The van der Waals surface area contributed by atoms with Crippen molar-refractivity contribution >= 4 is 39.1 Å². The number of benzene rings is 1. The molecule has 0 aliphatic heterocycles. The topological polar surface area (TPSA) is 55.1 Å². The molecule has 1 amide bonds. The van der Waals surface area contributed by atoms with Crippen LogP contribution >= 0.6 is 27.5 Å². The van der Waals surface area contributed by atoms with Crippen LogP contribution in [0.15, 0.2) is 22.7 Å². The molecule has 3 N–H and O–H groups in total. The average Bonchev–Trinajstić information content (AvgIpc) is 2.21. The molecule has 0 saturated heterocycles. The summed E-state index contributed by atoms with van der Waals surface area (Å²) < 4.78 is 0.782. The molecule has 0 heterocycles. The Balaban J connectivity index is 2.13. The minimum Gasteiger partial charge on any atom is -0.329 e. The van der Waals surface area contributed by atoms with E-state index in [0.29, 0.717) is 11.6 Å². The molecule has 0 aromatic heterocycles. The van der Waals surface area contributed by atoms with Gasteiger partial charge in [-0.2, -0.15) is 0 Å². The zero-order chi connectivity index (χ0) is 12.5. The smallest absolute Gasteiger partial charge is 0.231 e. The summed E-state index contributed by atoms with van der Waals surface area (Å²) in [4.78, 5) is 12.1. The van der Waals surface area contributed by atoms with Gasteiger partial charge < -0.3 is 11.1 Å². The molecule has 1 fully saturated rings. The summed E-state index contributed by atoms with van der Waals surface area (Å²) in [5.74, 6) is 0.00859. The molecule has 1 aromatic rings. The Bertz CT molecular complexity index is 441. The van der Waals surface area contributed by atoms with E-state index in [1.54, 1.807) is 18.2 Å². The number of rotatable bonds is 3. The molecule has 1 aromatic carbocycles. The van der Waals surface area contributed by atoms with E-state index < -0.39 is 0 Å². The molecule has 1 aliphatic carbocycles. The lowest BCUT2D eigenvalue weighted by Gasteiger charge is -2.39. The van der Waals surface area contributed by atoms with Crippen LogP contribution in [-0.4, -0.2) is 12.5 Å². The van der Waals surface area contributed by atoms with Crippen LogP contribution in [0.3, 0.4) is 0 Å². The highest BCUT2D eigenvalue weighted by molar-refractivity contribution is 9.10. The highest BCUT2D eigenvalue weighted by Crippen LogP contribution is 2.41. The monoisotopic (exact) mass is 316 g/mol. The zero-order valence-electron chi connectivity index (χ0n) is 9.30. The van der Waals surface area contributed by atoms with Crippen molar-refractivity contribution in [3.05, 3.63) is 27.7 Å². The Hall–Kier alpha value is -0.580. The number of halogens is 2. The maximum absolute atomic E-state index is 12.1. The zero-order valence-corrected chi connectivity index (χ0v) is 11.6. The number of amides is 1. The molecule has 92 valence electrons. The van der Waals surface area contributed by atoms with Crippen LogP contribution in [-0.2, 0) is 4.79 Å². The second-order valence-electron chi connectivity index (χ2n) is 4.42. The van der Waals surface area contributed by atoms with Gasteiger partial charge in [0.1, 0.15) is 0 Å². The summed E-state index contributed by atoms with van der Waals surface area (Å²) in [6.07, 6.45) is 2.83. The Labute approximate surface area is 114 Å². The van der Waals surface area contributed by atoms with Gasteiger partial charge in [0.2, 0.25) is 5.91 Å². The van der Waals surface area contributed by atoms with Gasteiger partial charge >= 0.3 is 0 Å². The lowest BCUT2D eigenvalue weighted by molar-refractivity contribution is -0.129. The van der Waals surface area contributed by atoms with E-state index in [0.717, 1.165) is 29.4 Å². The second kappa shape index (κ2) is 4.96. The molecule has 17 heavy (non-hydrogen) atoms. The van der Waals surface area contributed by atoms with Crippen molar-refractivity contribution in [1.29, 1.82) is 0 Å². The van der Waals surface area contributed by atoms with Crippen molar-refractivity contribution in [2.45, 2.75) is 19.3 Å². The predicted octanol–water partition coefficient (Wildman–Crippen LogP) is 3.17. The highest BCUT2D eigenvalue weighted by Gasteiger charge is 2.42. The number of nitrogens with one attached hydrogen (secondary N) is 1. The first-order valence-electron chi connectivity index (χ1n) is 5.54. The van der Waals surface area contributed by atoms with Gasteiger partial charge in [0.05, 0.1) is 11.1 Å². The van der Waals surface area contributed by atoms with Crippen molar-refractivity contribution < 1.29 is 4.79 Å². The summed E-state index contributed by atoms with van der Waals surface area (Å²) in [5.41, 5.74) is 6.07. The minimum atomic E-state index is -0.362. The summed E-state index contributed by atoms with van der Waals surface area (Å²) >= 11 is 9.22. The van der Waals surface area contributed by atoms with Gasteiger partial charge in [0.15, 0.2) is 0 Å². The van der Waals surface area contributed by atoms with E-state index in [1.807, 2.05) is 0 Å². The van der Waals surface area contributed by atoms with Gasteiger partial charge in [-0.05, 0) is 47.0 Å². The van der Waals surface area contributed by atoms with Crippen LogP contribution < -0.4 is 11.1 Å². The van der Waals surface area contributed by atoms with Crippen molar-refractivity contribution in [2.24, 2.45) is 11.1 Å². The van der Waals surface area contributed by atoms with Crippen LogP contribution in [0.1, 0.15) is 19.3 Å². The second-order valence-corrected chi connectivity index (χ2v) is 5.71. The van der Waals surface area contributed by atoms with Crippen LogP contribution in [0.25, 0.3) is 0 Å². The fourth-order valence-corrected chi connectivity index (χ4v) is 2.75. The maximum atomic E-state index is 12.1. The van der Waals surface area contributed by atoms with Crippen LogP contribution in [0.4, 0.5) is 5.69 Å². The third-order valence-corrected chi connectivity index (χ3v) is 4.25. The summed E-state index contributed by atoms with van der Waals surface area (Å²) in [6, 6.07) is 5.29. The third kappa shape index (κ3) is 2.49. The molecule has 0 spiro atoms. The van der Waals surface area contributed by atoms with Crippen molar-refractivity contribution in [2.75, 3.05) is 11.9 Å². The van der Waals surface area contributed by atoms with Gasteiger partial charge in [0.25, 0.3) is 0 Å². The number of carbonyl (C=O) groups excluding carboxylic acids is 1. The number of anilines is 1. The van der Waals surface area contributed by atoms with E-state index in [1.165, 1.54) is 0 Å². The number of nitrogens with two attached hydrogens (primary N) is 1. The van der Waals surface area contributed by atoms with Crippen LogP contribution in [0, 0.1) is 5.41 Å². The molecule has 0 bridgehead atoms. The van der Waals surface area contributed by atoms with E-state index in [9.17, 15) is 4.79 Å². The molecular weight excluding hydrogens is 304 g/mol. The Morgan fingerprint density at radius 2 is 2.24 bits per heavy atom. The summed E-state index contributed by atoms with van der Waals surface area (Å²) in [6.45, 7) is 0.407. The van der Waals surface area contributed by atoms with Crippen molar-refractivity contribution in [1.82, 2.24) is 0 Å². The fourth-order valence-electron chi connectivity index (χ4n) is 1.97. The maximum Gasteiger partial charge on any atom is 0.231 e. The molecule has 5 heteroatoms. The first-order chi connectivity index (χ1) is 8.07. The molecule has 1 saturated carbocycles. The minimum absolute atomic E-state index is 0.00859. The lowest BCUT2D eigenvalue weighted by Crippen LogP contribution is -2.47. The summed E-state index contributed by atoms with van der Waals surface area (Å²) in [5, 5.41) is 3.54. The first-order valence-corrected chi connectivity index (χ1v) is 6.71. The average molecular weight is 318 g/mol. The van der Waals surface area contributed by atoms with Gasteiger partial charge in [-0.25, -0.2) is 0 Å².